The molecule has 26 heavy (non-hydrogen) atoms. The van der Waals surface area contributed by atoms with Gasteiger partial charge in [-0.15, -0.1) is 0 Å². The van der Waals surface area contributed by atoms with E-state index in [0.29, 0.717) is 0 Å². The molecule has 132 valence electrons. The van der Waals surface area contributed by atoms with Crippen molar-refractivity contribution in [2.45, 2.75) is 13.8 Å². The zero-order valence-electron chi connectivity index (χ0n) is 15.6. The molecule has 0 saturated carbocycles. The van der Waals surface area contributed by atoms with Crippen LogP contribution in [0.4, 0.5) is 0 Å². The van der Waals surface area contributed by atoms with Crippen LogP contribution >= 0.6 is 0 Å². The highest BCUT2D eigenvalue weighted by molar-refractivity contribution is 6.02. The van der Waals surface area contributed by atoms with Crippen LogP contribution in [-0.4, -0.2) is 9.97 Å². The maximum Gasteiger partial charge on any atom is 0.0559 e. The number of hydrogen-bond acceptors (Lipinski definition) is 0. The molecule has 2 nitrogen and oxygen atoms in total. The molecule has 2 heteroatoms. The molecule has 0 bridgehead atoms. The first kappa shape index (κ1) is 19.1. The molecule has 0 atom stereocenters. The Balaban J connectivity index is 2.84. The zero-order chi connectivity index (χ0) is 19.1. The maximum atomic E-state index is 4.22. The van der Waals surface area contributed by atoms with Crippen molar-refractivity contribution in [1.29, 1.82) is 0 Å². The number of aromatic amines is 2. The van der Waals surface area contributed by atoms with Gasteiger partial charge in [-0.05, 0) is 25.0 Å². The van der Waals surface area contributed by atoms with Gasteiger partial charge in [0.2, 0.25) is 0 Å². The van der Waals surface area contributed by atoms with Crippen molar-refractivity contribution in [3.05, 3.63) is 96.0 Å². The molecule has 0 aliphatic rings. The largest absolute Gasteiger partial charge is 0.354 e. The lowest BCUT2D eigenvalue weighted by Crippen LogP contribution is -2.04. The average Bonchev–Trinajstić information content (AvgIpc) is 3.14. The van der Waals surface area contributed by atoms with Gasteiger partial charge in [-0.25, -0.2) is 0 Å². The Morgan fingerprint density at radius 3 is 1.77 bits per heavy atom. The van der Waals surface area contributed by atoms with Crippen LogP contribution in [0.5, 0.6) is 0 Å². The SMILES string of the molecule is C=C/C=C\C(=C/C=C)c1[nH]c(=C)c2c(C(/C=C\C)=C/C=C\C)[nH]c(=C)c12. The minimum absolute atomic E-state index is 0.856. The van der Waals surface area contributed by atoms with Crippen molar-refractivity contribution in [1.82, 2.24) is 9.97 Å². The fraction of sp³-hybridized carbons (Fsp3) is 0.0833. The summed E-state index contributed by atoms with van der Waals surface area (Å²) in [5.41, 5.74) is 4.07. The molecule has 0 aliphatic carbocycles. The van der Waals surface area contributed by atoms with Gasteiger partial charge in [0, 0.05) is 21.5 Å². The molecule has 2 aromatic heterocycles. The summed E-state index contributed by atoms with van der Waals surface area (Å²) < 4.78 is 0. The Kier molecular flexibility index (Phi) is 6.40. The quantitative estimate of drug-likeness (QED) is 0.651. The van der Waals surface area contributed by atoms with Gasteiger partial charge < -0.3 is 9.97 Å². The van der Waals surface area contributed by atoms with Crippen LogP contribution < -0.4 is 10.7 Å². The Bertz CT molecular complexity index is 1010. The molecular weight excluding hydrogens is 316 g/mol. The molecule has 0 aliphatic heterocycles. The molecule has 0 amide bonds. The monoisotopic (exact) mass is 342 g/mol. The van der Waals surface area contributed by atoms with E-state index in [4.69, 9.17) is 0 Å². The van der Waals surface area contributed by atoms with Crippen LogP contribution in [0.2, 0.25) is 0 Å². The highest BCUT2D eigenvalue weighted by atomic mass is 14.8. The van der Waals surface area contributed by atoms with Crippen LogP contribution in [-0.2, 0) is 0 Å². The summed E-state index contributed by atoms with van der Waals surface area (Å²) in [6.45, 7) is 20.0. The smallest absolute Gasteiger partial charge is 0.0559 e. The topological polar surface area (TPSA) is 31.6 Å². The van der Waals surface area contributed by atoms with Crippen molar-refractivity contribution in [2.75, 3.05) is 0 Å². The van der Waals surface area contributed by atoms with Gasteiger partial charge in [0.1, 0.15) is 0 Å². The zero-order valence-corrected chi connectivity index (χ0v) is 15.6. The Morgan fingerprint density at radius 2 is 1.31 bits per heavy atom. The van der Waals surface area contributed by atoms with Gasteiger partial charge in [-0.1, -0.05) is 87.1 Å². The van der Waals surface area contributed by atoms with E-state index in [-0.39, 0.29) is 0 Å². The van der Waals surface area contributed by atoms with E-state index in [9.17, 15) is 0 Å². The number of aromatic nitrogens is 2. The molecule has 0 fully saturated rings. The Labute approximate surface area is 155 Å². The second kappa shape index (κ2) is 8.72. The molecule has 2 aromatic rings. The third-order valence-corrected chi connectivity index (χ3v) is 4.01. The highest BCUT2D eigenvalue weighted by Gasteiger charge is 2.16. The van der Waals surface area contributed by atoms with Crippen LogP contribution in [0, 0.1) is 0 Å². The lowest BCUT2D eigenvalue weighted by atomic mass is 10.1. The van der Waals surface area contributed by atoms with Gasteiger partial charge >= 0.3 is 0 Å². The number of rotatable bonds is 7. The second-order valence-electron chi connectivity index (χ2n) is 5.81. The Morgan fingerprint density at radius 1 is 0.731 bits per heavy atom. The van der Waals surface area contributed by atoms with Crippen LogP contribution in [0.25, 0.3) is 35.1 Å². The van der Waals surface area contributed by atoms with Gasteiger partial charge in [-0.3, -0.25) is 0 Å². The van der Waals surface area contributed by atoms with E-state index in [1.54, 1.807) is 12.2 Å². The molecule has 2 N–H and O–H groups in total. The molecule has 0 aromatic carbocycles. The molecule has 0 spiro atoms. The van der Waals surface area contributed by atoms with Gasteiger partial charge in [-0.2, -0.15) is 0 Å². The average molecular weight is 342 g/mol. The lowest BCUT2D eigenvalue weighted by Gasteiger charge is -1.99. The number of nitrogens with one attached hydrogen (secondary N) is 2. The predicted molar refractivity (Wildman–Crippen MR) is 118 cm³/mol. The standard InChI is InChI=1S/C24H26N2/c1-7-11-15-19(13-9-3)23-21-17(5)26-24(22(21)18(6)25-23)20(14-10-4)16-12-8-2/h7-16,25-26H,1,3,5-6H2,2,4H3/b12-8-,14-10-,15-11-,19-13+,20-16+. The first-order valence-electron chi connectivity index (χ1n) is 8.58. The Hall–Kier alpha value is -3.26. The van der Waals surface area contributed by atoms with Crippen LogP contribution in [0.3, 0.4) is 0 Å². The van der Waals surface area contributed by atoms with E-state index >= 15 is 0 Å². The molecular formula is C24H26N2. The van der Waals surface area contributed by atoms with E-state index < -0.39 is 0 Å². The number of allylic oxidation sites excluding steroid dienone is 12. The number of hydrogen-bond donors (Lipinski definition) is 2. The van der Waals surface area contributed by atoms with Gasteiger partial charge in [0.05, 0.1) is 11.4 Å². The van der Waals surface area contributed by atoms with E-state index in [1.165, 1.54) is 0 Å². The summed E-state index contributed by atoms with van der Waals surface area (Å²) in [4.78, 5) is 6.86. The molecule has 0 radical (unpaired) electrons. The first-order chi connectivity index (χ1) is 12.6. The van der Waals surface area contributed by atoms with Crippen molar-refractivity contribution in [3.8, 4) is 0 Å². The van der Waals surface area contributed by atoms with Crippen molar-refractivity contribution < 1.29 is 0 Å². The summed E-state index contributed by atoms with van der Waals surface area (Å²) in [6, 6.07) is 0. The normalized spacial score (nSPS) is 13.6. The highest BCUT2D eigenvalue weighted by Crippen LogP contribution is 2.26. The summed E-state index contributed by atoms with van der Waals surface area (Å²) in [5.74, 6) is 0. The third kappa shape index (κ3) is 3.70. The lowest BCUT2D eigenvalue weighted by molar-refractivity contribution is 1.26. The minimum Gasteiger partial charge on any atom is -0.354 e. The summed E-state index contributed by atoms with van der Waals surface area (Å²) in [7, 11) is 0. The minimum atomic E-state index is 0.856. The summed E-state index contributed by atoms with van der Waals surface area (Å²) in [5, 5.41) is 3.81. The number of H-pyrrole nitrogens is 2. The van der Waals surface area contributed by atoms with Crippen molar-refractivity contribution >= 4 is 35.1 Å². The van der Waals surface area contributed by atoms with E-state index in [0.717, 1.165) is 44.0 Å². The molecule has 2 heterocycles. The van der Waals surface area contributed by atoms with E-state index in [2.05, 4.69) is 48.4 Å². The van der Waals surface area contributed by atoms with E-state index in [1.807, 2.05) is 50.3 Å². The third-order valence-electron chi connectivity index (χ3n) is 4.01. The van der Waals surface area contributed by atoms with Crippen molar-refractivity contribution in [3.63, 3.8) is 0 Å². The summed E-state index contributed by atoms with van der Waals surface area (Å²) >= 11 is 0. The molecule has 0 unspecified atom stereocenters. The van der Waals surface area contributed by atoms with Gasteiger partial charge in [0.25, 0.3) is 0 Å². The van der Waals surface area contributed by atoms with Crippen LogP contribution in [0.15, 0.2) is 73.9 Å². The fourth-order valence-electron chi connectivity index (χ4n) is 2.96. The molecule has 0 saturated heterocycles. The summed E-state index contributed by atoms with van der Waals surface area (Å²) in [6.07, 6.45) is 19.6. The van der Waals surface area contributed by atoms with Crippen molar-refractivity contribution in [2.24, 2.45) is 0 Å². The predicted octanol–water partition coefficient (Wildman–Crippen LogP) is 5.16. The number of fused-ring (bicyclic) bond motifs is 1. The van der Waals surface area contributed by atoms with Gasteiger partial charge in [0.15, 0.2) is 0 Å². The second-order valence-corrected chi connectivity index (χ2v) is 5.81. The maximum absolute atomic E-state index is 4.22. The molecule has 2 rings (SSSR count). The fourth-order valence-corrected chi connectivity index (χ4v) is 2.96. The van der Waals surface area contributed by atoms with Crippen LogP contribution in [0.1, 0.15) is 25.2 Å². The first-order valence-corrected chi connectivity index (χ1v) is 8.58.